The van der Waals surface area contributed by atoms with E-state index >= 15 is 0 Å². The third-order valence-corrected chi connectivity index (χ3v) is 4.21. The van der Waals surface area contributed by atoms with Gasteiger partial charge in [-0.05, 0) is 29.8 Å². The Hall–Kier alpha value is -3.48. The van der Waals surface area contributed by atoms with E-state index in [2.05, 4.69) is 5.32 Å². The van der Waals surface area contributed by atoms with Crippen molar-refractivity contribution in [3.8, 4) is 17.2 Å². The van der Waals surface area contributed by atoms with Crippen molar-refractivity contribution in [3.63, 3.8) is 0 Å². The Morgan fingerprint density at radius 2 is 1.89 bits per heavy atom. The lowest BCUT2D eigenvalue weighted by Gasteiger charge is -2.19. The lowest BCUT2D eigenvalue weighted by molar-refractivity contribution is -0.115. The first-order chi connectivity index (χ1) is 13.1. The highest BCUT2D eigenvalue weighted by Gasteiger charge is 2.14. The van der Waals surface area contributed by atoms with Crippen LogP contribution in [0.15, 0.2) is 51.7 Å². The number of hydrogen-bond donors (Lipinski definition) is 1. The Bertz CT molecular complexity index is 1070. The van der Waals surface area contributed by atoms with Gasteiger partial charge in [0, 0.05) is 29.3 Å². The van der Waals surface area contributed by atoms with Gasteiger partial charge in [-0.2, -0.15) is 0 Å². The van der Waals surface area contributed by atoms with Crippen LogP contribution in [0.3, 0.4) is 0 Å². The summed E-state index contributed by atoms with van der Waals surface area (Å²) in [5.41, 5.74) is 1.04. The number of fused-ring (bicyclic) bond motifs is 2. The van der Waals surface area contributed by atoms with Gasteiger partial charge >= 0.3 is 5.63 Å². The molecule has 0 saturated heterocycles. The van der Waals surface area contributed by atoms with E-state index in [0.29, 0.717) is 52.7 Å². The van der Waals surface area contributed by atoms with Crippen molar-refractivity contribution in [2.24, 2.45) is 0 Å². The molecule has 0 atom stereocenters. The maximum Gasteiger partial charge on any atom is 0.336 e. The number of ether oxygens (including phenoxy) is 3. The number of benzene rings is 2. The first-order valence-electron chi connectivity index (χ1n) is 8.42. The van der Waals surface area contributed by atoms with Gasteiger partial charge in [0.25, 0.3) is 0 Å². The highest BCUT2D eigenvalue weighted by molar-refractivity contribution is 5.95. The molecule has 0 unspecified atom stereocenters. The number of methoxy groups -OCH3 is 1. The highest BCUT2D eigenvalue weighted by atomic mass is 16.6. The van der Waals surface area contributed by atoms with Gasteiger partial charge in [0.05, 0.1) is 13.5 Å². The van der Waals surface area contributed by atoms with E-state index in [-0.39, 0.29) is 12.3 Å². The molecule has 1 N–H and O–H groups in total. The van der Waals surface area contributed by atoms with Crippen LogP contribution in [0.1, 0.15) is 5.56 Å². The lowest BCUT2D eigenvalue weighted by atomic mass is 10.1. The van der Waals surface area contributed by atoms with Crippen molar-refractivity contribution in [3.05, 3.63) is 58.4 Å². The van der Waals surface area contributed by atoms with Crippen molar-refractivity contribution in [1.82, 2.24) is 0 Å². The molecule has 1 aliphatic heterocycles. The van der Waals surface area contributed by atoms with Gasteiger partial charge in [-0.1, -0.05) is 0 Å². The SMILES string of the molecule is COc1ccc2c(CC(=O)Nc3ccc4c(c3)OCCO4)cc(=O)oc2c1. The predicted molar refractivity (Wildman–Crippen MR) is 98.8 cm³/mol. The fourth-order valence-electron chi connectivity index (χ4n) is 2.98. The molecule has 7 heteroatoms. The average Bonchev–Trinajstić information content (AvgIpc) is 2.67. The monoisotopic (exact) mass is 367 g/mol. The van der Waals surface area contributed by atoms with Crippen LogP contribution >= 0.6 is 0 Å². The molecule has 27 heavy (non-hydrogen) atoms. The first-order valence-corrected chi connectivity index (χ1v) is 8.42. The first kappa shape index (κ1) is 17.0. The average molecular weight is 367 g/mol. The number of anilines is 1. The second-order valence-electron chi connectivity index (χ2n) is 6.04. The van der Waals surface area contributed by atoms with Gasteiger partial charge < -0.3 is 23.9 Å². The molecule has 0 radical (unpaired) electrons. The molecule has 0 fully saturated rings. The van der Waals surface area contributed by atoms with Crippen LogP contribution in [-0.2, 0) is 11.2 Å². The van der Waals surface area contributed by atoms with Crippen LogP contribution in [-0.4, -0.2) is 26.2 Å². The van der Waals surface area contributed by atoms with Crippen molar-refractivity contribution in [2.45, 2.75) is 6.42 Å². The van der Waals surface area contributed by atoms with Gasteiger partial charge in [0.15, 0.2) is 11.5 Å². The minimum Gasteiger partial charge on any atom is -0.497 e. The zero-order valence-electron chi connectivity index (χ0n) is 14.6. The molecule has 2 heterocycles. The van der Waals surface area contributed by atoms with E-state index in [4.69, 9.17) is 18.6 Å². The van der Waals surface area contributed by atoms with E-state index in [1.165, 1.54) is 13.2 Å². The zero-order valence-corrected chi connectivity index (χ0v) is 14.6. The maximum atomic E-state index is 12.5. The molecule has 1 aromatic heterocycles. The summed E-state index contributed by atoms with van der Waals surface area (Å²) in [6.45, 7) is 0.979. The number of carbonyl (C=O) groups is 1. The Kier molecular flexibility index (Phi) is 4.42. The smallest absolute Gasteiger partial charge is 0.336 e. The molecular formula is C20H17NO6. The van der Waals surface area contributed by atoms with Crippen LogP contribution < -0.4 is 25.2 Å². The Balaban J connectivity index is 1.57. The second kappa shape index (κ2) is 7.03. The third kappa shape index (κ3) is 3.57. The predicted octanol–water partition coefficient (Wildman–Crippen LogP) is 2.75. The molecule has 1 aliphatic rings. The fraction of sp³-hybridized carbons (Fsp3) is 0.200. The molecule has 0 bridgehead atoms. The van der Waals surface area contributed by atoms with E-state index < -0.39 is 5.63 Å². The Labute approximate surface area is 154 Å². The summed E-state index contributed by atoms with van der Waals surface area (Å²) in [5, 5.41) is 3.50. The van der Waals surface area contributed by atoms with E-state index in [1.54, 1.807) is 36.4 Å². The van der Waals surface area contributed by atoms with Crippen molar-refractivity contribution >= 4 is 22.6 Å². The molecule has 0 spiro atoms. The standard InChI is InChI=1S/C20H17NO6/c1-24-14-3-4-15-12(9-20(23)27-17(15)11-14)8-19(22)21-13-2-5-16-18(10-13)26-7-6-25-16/h2-5,9-11H,6-8H2,1H3,(H,21,22). The summed E-state index contributed by atoms with van der Waals surface area (Å²) >= 11 is 0. The molecule has 3 aromatic rings. The summed E-state index contributed by atoms with van der Waals surface area (Å²) in [6.07, 6.45) is 0.0306. The van der Waals surface area contributed by atoms with Gasteiger partial charge in [-0.3, -0.25) is 4.79 Å². The highest BCUT2D eigenvalue weighted by Crippen LogP contribution is 2.32. The number of carbonyl (C=O) groups excluding carboxylic acids is 1. The number of hydrogen-bond acceptors (Lipinski definition) is 6. The topological polar surface area (TPSA) is 87.0 Å². The Morgan fingerprint density at radius 1 is 1.07 bits per heavy atom. The van der Waals surface area contributed by atoms with Gasteiger partial charge in [0.1, 0.15) is 24.5 Å². The largest absolute Gasteiger partial charge is 0.497 e. The van der Waals surface area contributed by atoms with Gasteiger partial charge in [-0.25, -0.2) is 4.79 Å². The fourth-order valence-corrected chi connectivity index (χ4v) is 2.98. The van der Waals surface area contributed by atoms with Crippen molar-refractivity contribution < 1.29 is 23.4 Å². The zero-order chi connectivity index (χ0) is 18.8. The molecule has 2 aromatic carbocycles. The number of nitrogens with one attached hydrogen (secondary N) is 1. The van der Waals surface area contributed by atoms with Crippen LogP contribution in [0.4, 0.5) is 5.69 Å². The van der Waals surface area contributed by atoms with Crippen molar-refractivity contribution in [1.29, 1.82) is 0 Å². The molecule has 138 valence electrons. The third-order valence-electron chi connectivity index (χ3n) is 4.21. The van der Waals surface area contributed by atoms with Crippen LogP contribution in [0.5, 0.6) is 17.2 Å². The molecule has 7 nitrogen and oxygen atoms in total. The molecule has 0 saturated carbocycles. The molecule has 4 rings (SSSR count). The maximum absolute atomic E-state index is 12.5. The number of rotatable bonds is 4. The van der Waals surface area contributed by atoms with E-state index in [9.17, 15) is 9.59 Å². The molecule has 1 amide bonds. The van der Waals surface area contributed by atoms with E-state index in [0.717, 1.165) is 0 Å². The van der Waals surface area contributed by atoms with Gasteiger partial charge in [0.2, 0.25) is 5.91 Å². The Morgan fingerprint density at radius 3 is 2.70 bits per heavy atom. The summed E-state index contributed by atoms with van der Waals surface area (Å²) in [6, 6.07) is 11.7. The lowest BCUT2D eigenvalue weighted by Crippen LogP contribution is -2.17. The summed E-state index contributed by atoms with van der Waals surface area (Å²) in [7, 11) is 1.53. The molecule has 0 aliphatic carbocycles. The van der Waals surface area contributed by atoms with Crippen LogP contribution in [0, 0.1) is 0 Å². The summed E-state index contributed by atoms with van der Waals surface area (Å²) in [5.74, 6) is 1.56. The van der Waals surface area contributed by atoms with Crippen LogP contribution in [0.2, 0.25) is 0 Å². The number of amides is 1. The quantitative estimate of drug-likeness (QED) is 0.714. The summed E-state index contributed by atoms with van der Waals surface area (Å²) in [4.78, 5) is 24.3. The van der Waals surface area contributed by atoms with Crippen LogP contribution in [0.25, 0.3) is 11.0 Å². The second-order valence-corrected chi connectivity index (χ2v) is 6.04. The normalized spacial score (nSPS) is 12.6. The molecular weight excluding hydrogens is 350 g/mol. The van der Waals surface area contributed by atoms with E-state index in [1.807, 2.05) is 0 Å². The minimum atomic E-state index is -0.516. The van der Waals surface area contributed by atoms with Crippen molar-refractivity contribution in [2.75, 3.05) is 25.6 Å². The summed E-state index contributed by atoms with van der Waals surface area (Å²) < 4.78 is 21.3. The minimum absolute atomic E-state index is 0.0306. The van der Waals surface area contributed by atoms with Gasteiger partial charge in [-0.15, -0.1) is 0 Å².